The molecule has 2 rings (SSSR count). The maximum Gasteiger partial charge on any atom is 0.337 e. The minimum atomic E-state index is -4.31. The van der Waals surface area contributed by atoms with Gasteiger partial charge in [-0.05, 0) is 50.2 Å². The summed E-state index contributed by atoms with van der Waals surface area (Å²) in [5.41, 5.74) is -0.195. The summed E-state index contributed by atoms with van der Waals surface area (Å²) in [6, 6.07) is 7.22. The van der Waals surface area contributed by atoms with Crippen molar-refractivity contribution in [3.63, 3.8) is 0 Å². The number of halogens is 1. The molecule has 11 heteroatoms. The van der Waals surface area contributed by atoms with Crippen LogP contribution in [-0.2, 0) is 19.5 Å². The summed E-state index contributed by atoms with van der Waals surface area (Å²) in [4.78, 5) is 35.7. The molecular weight excluding hydrogens is 448 g/mol. The Morgan fingerprint density at radius 1 is 0.903 bits per heavy atom. The van der Waals surface area contributed by atoms with E-state index in [0.717, 1.165) is 32.4 Å². The molecule has 0 aromatic heterocycles. The van der Waals surface area contributed by atoms with Gasteiger partial charge in [-0.3, -0.25) is 9.52 Å². The van der Waals surface area contributed by atoms with E-state index in [-0.39, 0.29) is 33.4 Å². The third kappa shape index (κ3) is 5.96. The SMILES string of the molecule is COC(=O)c1cc(C(=O)OC)cc(S(=O)(=O)Nc2cc(C(=O)NC(C)C)ccc2Cl)c1. The minimum absolute atomic E-state index is 0.0435. The standard InChI is InChI=1S/C20H21ClN2O7S/c1-11(2)22-18(24)12-5-6-16(21)17(10-12)23-31(27,28)15-8-13(19(25)29-3)7-14(9-15)20(26)30-4/h5-11,23H,1-4H3,(H,22,24). The highest BCUT2D eigenvalue weighted by atomic mass is 35.5. The van der Waals surface area contributed by atoms with E-state index in [0.29, 0.717) is 0 Å². The third-order valence-electron chi connectivity index (χ3n) is 3.95. The molecule has 0 bridgehead atoms. The lowest BCUT2D eigenvalue weighted by Crippen LogP contribution is -2.30. The molecule has 0 radical (unpaired) electrons. The van der Waals surface area contributed by atoms with Crippen molar-refractivity contribution in [1.82, 2.24) is 5.32 Å². The number of nitrogens with one attached hydrogen (secondary N) is 2. The lowest BCUT2D eigenvalue weighted by atomic mass is 10.1. The van der Waals surface area contributed by atoms with Gasteiger partial charge in [-0.1, -0.05) is 11.6 Å². The van der Waals surface area contributed by atoms with E-state index in [1.54, 1.807) is 13.8 Å². The van der Waals surface area contributed by atoms with Gasteiger partial charge in [0.2, 0.25) is 0 Å². The predicted molar refractivity (Wildman–Crippen MR) is 114 cm³/mol. The molecule has 0 saturated heterocycles. The first-order valence-corrected chi connectivity index (χ1v) is 10.8. The Morgan fingerprint density at radius 2 is 1.45 bits per heavy atom. The smallest absolute Gasteiger partial charge is 0.337 e. The molecule has 9 nitrogen and oxygen atoms in total. The number of rotatable bonds is 7. The molecule has 0 aliphatic carbocycles. The Bertz CT molecular complexity index is 1100. The molecule has 0 spiro atoms. The van der Waals surface area contributed by atoms with Gasteiger partial charge in [0, 0.05) is 11.6 Å². The summed E-state index contributed by atoms with van der Waals surface area (Å²) in [6.07, 6.45) is 0. The molecule has 2 N–H and O–H groups in total. The molecule has 0 unspecified atom stereocenters. The monoisotopic (exact) mass is 468 g/mol. The Kier molecular flexibility index (Phi) is 7.64. The molecule has 0 fully saturated rings. The van der Waals surface area contributed by atoms with Crippen molar-refractivity contribution in [2.75, 3.05) is 18.9 Å². The number of ether oxygens (including phenoxy) is 2. The maximum atomic E-state index is 13.0. The van der Waals surface area contributed by atoms with Crippen molar-refractivity contribution in [1.29, 1.82) is 0 Å². The number of hydrogen-bond donors (Lipinski definition) is 2. The number of amides is 1. The number of hydrogen-bond acceptors (Lipinski definition) is 7. The second kappa shape index (κ2) is 9.80. The van der Waals surface area contributed by atoms with E-state index in [1.807, 2.05) is 0 Å². The summed E-state index contributed by atoms with van der Waals surface area (Å²) >= 11 is 6.10. The molecule has 0 heterocycles. The van der Waals surface area contributed by atoms with Gasteiger partial charge in [0.05, 0.1) is 41.0 Å². The predicted octanol–water partition coefficient (Wildman–Crippen LogP) is 2.85. The van der Waals surface area contributed by atoms with Gasteiger partial charge in [0.25, 0.3) is 15.9 Å². The molecule has 166 valence electrons. The Hall–Kier alpha value is -3.11. The highest BCUT2D eigenvalue weighted by Crippen LogP contribution is 2.27. The maximum absolute atomic E-state index is 13.0. The van der Waals surface area contributed by atoms with Crippen LogP contribution in [0, 0.1) is 0 Å². The van der Waals surface area contributed by atoms with Crippen LogP contribution in [0.5, 0.6) is 0 Å². The van der Waals surface area contributed by atoms with Gasteiger partial charge in [0.1, 0.15) is 0 Å². The Morgan fingerprint density at radius 3 is 1.94 bits per heavy atom. The van der Waals surface area contributed by atoms with Crippen LogP contribution < -0.4 is 10.0 Å². The van der Waals surface area contributed by atoms with Crippen LogP contribution in [0.3, 0.4) is 0 Å². The number of benzene rings is 2. The molecular formula is C20H21ClN2O7S. The summed E-state index contributed by atoms with van der Waals surface area (Å²) in [5, 5.41) is 2.73. The average Bonchev–Trinajstić information content (AvgIpc) is 2.73. The molecule has 0 atom stereocenters. The first kappa shape index (κ1) is 24.2. The van der Waals surface area contributed by atoms with Crippen LogP contribution in [0.2, 0.25) is 5.02 Å². The summed E-state index contributed by atoms with van der Waals surface area (Å²) < 4.78 is 37.4. The second-order valence-corrected chi connectivity index (χ2v) is 8.75. The first-order chi connectivity index (χ1) is 14.5. The third-order valence-corrected chi connectivity index (χ3v) is 5.63. The van der Waals surface area contributed by atoms with Crippen molar-refractivity contribution < 1.29 is 32.3 Å². The molecule has 31 heavy (non-hydrogen) atoms. The fourth-order valence-electron chi connectivity index (χ4n) is 2.52. The van der Waals surface area contributed by atoms with Gasteiger partial charge in [-0.15, -0.1) is 0 Å². The van der Waals surface area contributed by atoms with Gasteiger partial charge < -0.3 is 14.8 Å². The van der Waals surface area contributed by atoms with Crippen LogP contribution in [0.25, 0.3) is 0 Å². The van der Waals surface area contributed by atoms with Crippen LogP contribution in [0.15, 0.2) is 41.3 Å². The van der Waals surface area contributed by atoms with E-state index in [4.69, 9.17) is 11.6 Å². The first-order valence-electron chi connectivity index (χ1n) is 8.93. The fourth-order valence-corrected chi connectivity index (χ4v) is 3.88. The molecule has 1 amide bonds. The van der Waals surface area contributed by atoms with Crippen LogP contribution in [-0.4, -0.2) is 46.5 Å². The number of sulfonamides is 1. The van der Waals surface area contributed by atoms with E-state index in [2.05, 4.69) is 19.5 Å². The van der Waals surface area contributed by atoms with Crippen molar-refractivity contribution in [2.45, 2.75) is 24.8 Å². The highest BCUT2D eigenvalue weighted by molar-refractivity contribution is 7.92. The lowest BCUT2D eigenvalue weighted by Gasteiger charge is -2.14. The molecule has 0 saturated carbocycles. The Labute approximate surface area is 184 Å². The largest absolute Gasteiger partial charge is 0.465 e. The zero-order valence-corrected chi connectivity index (χ0v) is 18.8. The number of carbonyl (C=O) groups is 3. The summed E-state index contributed by atoms with van der Waals surface area (Å²) in [5.74, 6) is -2.09. The van der Waals surface area contributed by atoms with Crippen molar-refractivity contribution in [2.24, 2.45) is 0 Å². The number of esters is 2. The van der Waals surface area contributed by atoms with E-state index in [1.165, 1.54) is 18.2 Å². The van der Waals surface area contributed by atoms with Crippen molar-refractivity contribution in [3.8, 4) is 0 Å². The zero-order valence-electron chi connectivity index (χ0n) is 17.2. The summed E-state index contributed by atoms with van der Waals surface area (Å²) in [6.45, 7) is 3.56. The second-order valence-electron chi connectivity index (χ2n) is 6.66. The molecule has 0 aliphatic heterocycles. The fraction of sp³-hybridized carbons (Fsp3) is 0.250. The van der Waals surface area contributed by atoms with Crippen molar-refractivity contribution >= 4 is 45.2 Å². The normalized spacial score (nSPS) is 11.0. The lowest BCUT2D eigenvalue weighted by molar-refractivity contribution is 0.0598. The van der Waals surface area contributed by atoms with Gasteiger partial charge in [-0.25, -0.2) is 18.0 Å². The van der Waals surface area contributed by atoms with Gasteiger partial charge in [0.15, 0.2) is 0 Å². The molecule has 0 aliphatic rings. The van der Waals surface area contributed by atoms with Crippen LogP contribution >= 0.6 is 11.6 Å². The summed E-state index contributed by atoms with van der Waals surface area (Å²) in [7, 11) is -2.08. The van der Waals surface area contributed by atoms with Gasteiger partial charge >= 0.3 is 11.9 Å². The van der Waals surface area contributed by atoms with Crippen LogP contribution in [0.1, 0.15) is 44.9 Å². The molecule has 2 aromatic carbocycles. The van der Waals surface area contributed by atoms with E-state index >= 15 is 0 Å². The number of methoxy groups -OCH3 is 2. The highest BCUT2D eigenvalue weighted by Gasteiger charge is 2.22. The van der Waals surface area contributed by atoms with Crippen molar-refractivity contribution in [3.05, 3.63) is 58.1 Å². The number of carbonyl (C=O) groups excluding carboxylic acids is 3. The minimum Gasteiger partial charge on any atom is -0.465 e. The zero-order chi connectivity index (χ0) is 23.3. The van der Waals surface area contributed by atoms with Gasteiger partial charge in [-0.2, -0.15) is 0 Å². The quantitative estimate of drug-likeness (QED) is 0.598. The Balaban J connectivity index is 2.50. The number of anilines is 1. The topological polar surface area (TPSA) is 128 Å². The average molecular weight is 469 g/mol. The van der Waals surface area contributed by atoms with Crippen LogP contribution in [0.4, 0.5) is 5.69 Å². The molecule has 2 aromatic rings. The van der Waals surface area contributed by atoms with E-state index in [9.17, 15) is 22.8 Å². The van der Waals surface area contributed by atoms with E-state index < -0.39 is 32.8 Å².